The van der Waals surface area contributed by atoms with Gasteiger partial charge in [-0.1, -0.05) is 6.92 Å². The summed E-state index contributed by atoms with van der Waals surface area (Å²) < 4.78 is 42.5. The normalized spacial score (nSPS) is 21.2. The molecule has 0 heterocycles. The zero-order chi connectivity index (χ0) is 17.9. The Morgan fingerprint density at radius 3 is 2.42 bits per heavy atom. The smallest absolute Gasteiger partial charge is 0.416 e. The second-order valence-corrected chi connectivity index (χ2v) is 5.68. The summed E-state index contributed by atoms with van der Waals surface area (Å²) >= 11 is 0. The monoisotopic (exact) mass is 341 g/mol. The molecule has 0 saturated heterocycles. The number of carbonyl (C=O) groups excluding carboxylic acids is 2. The number of anilines is 1. The van der Waals surface area contributed by atoms with Crippen LogP contribution in [0.4, 0.5) is 18.9 Å². The number of esters is 1. The van der Waals surface area contributed by atoms with Crippen molar-refractivity contribution in [2.75, 3.05) is 11.9 Å². The molecular weight excluding hydrogens is 323 g/mol. The Labute approximate surface area is 137 Å². The van der Waals surface area contributed by atoms with E-state index in [9.17, 15) is 22.8 Å². The van der Waals surface area contributed by atoms with Crippen LogP contribution in [0.25, 0.3) is 0 Å². The second-order valence-electron chi connectivity index (χ2n) is 5.68. The largest absolute Gasteiger partial charge is 0.465 e. The van der Waals surface area contributed by atoms with Gasteiger partial charge in [0.05, 0.1) is 12.2 Å². The number of hydrogen-bond acceptors (Lipinski definition) is 4. The van der Waals surface area contributed by atoms with Crippen LogP contribution in [-0.2, 0) is 20.5 Å². The van der Waals surface area contributed by atoms with Crippen molar-refractivity contribution in [2.45, 2.75) is 26.4 Å². The lowest BCUT2D eigenvalue weighted by molar-refractivity contribution is -0.152. The van der Waals surface area contributed by atoms with Gasteiger partial charge in [-0.2, -0.15) is 13.2 Å². The molecule has 7 heteroatoms. The molecule has 0 aliphatic heterocycles. The fraction of sp³-hybridized carbons (Fsp3) is 0.412. The molecule has 130 valence electrons. The van der Waals surface area contributed by atoms with E-state index in [4.69, 9.17) is 4.74 Å². The molecule has 2 rings (SSSR count). The number of allylic oxidation sites excluding steroid dienone is 2. The molecule has 1 aliphatic rings. The number of hydrogen-bond donors (Lipinski definition) is 1. The summed E-state index contributed by atoms with van der Waals surface area (Å²) in [6.07, 6.45) is -2.64. The van der Waals surface area contributed by atoms with Crippen molar-refractivity contribution in [3.8, 4) is 0 Å². The third kappa shape index (κ3) is 4.15. The standard InChI is InChI=1S/C17H18F3NO3/c1-3-24-16(23)15-10(2)8-13(9-14(15)22)21-12-6-4-11(5-7-12)17(18,19)20/h4-7,9-10,15,21H,3,8H2,1-2H3. The highest BCUT2D eigenvalue weighted by atomic mass is 19.4. The Hall–Kier alpha value is -2.31. The van der Waals surface area contributed by atoms with Gasteiger partial charge in [-0.05, 0) is 43.5 Å². The molecule has 0 fully saturated rings. The SMILES string of the molecule is CCOC(=O)C1C(=O)C=C(Nc2ccc(C(F)(F)F)cc2)CC1C. The van der Waals surface area contributed by atoms with Gasteiger partial charge >= 0.3 is 12.1 Å². The first-order valence-corrected chi connectivity index (χ1v) is 7.57. The number of alkyl halides is 3. The van der Waals surface area contributed by atoms with Gasteiger partial charge in [-0.25, -0.2) is 0 Å². The lowest BCUT2D eigenvalue weighted by Gasteiger charge is -2.26. The minimum absolute atomic E-state index is 0.204. The highest BCUT2D eigenvalue weighted by Gasteiger charge is 2.36. The maximum Gasteiger partial charge on any atom is 0.416 e. The van der Waals surface area contributed by atoms with E-state index < -0.39 is 23.6 Å². The summed E-state index contributed by atoms with van der Waals surface area (Å²) in [6.45, 7) is 3.64. The predicted octanol–water partition coefficient (Wildman–Crippen LogP) is 3.79. The Morgan fingerprint density at radius 1 is 1.29 bits per heavy atom. The highest BCUT2D eigenvalue weighted by molar-refractivity contribution is 6.06. The number of ketones is 1. The topological polar surface area (TPSA) is 55.4 Å². The van der Waals surface area contributed by atoms with Gasteiger partial charge in [0.25, 0.3) is 0 Å². The zero-order valence-corrected chi connectivity index (χ0v) is 13.3. The lowest BCUT2D eigenvalue weighted by Crippen LogP contribution is -2.35. The third-order valence-electron chi connectivity index (χ3n) is 3.79. The first kappa shape index (κ1) is 18.0. The molecule has 0 bridgehead atoms. The van der Waals surface area contributed by atoms with Crippen LogP contribution in [-0.4, -0.2) is 18.4 Å². The molecule has 0 saturated carbocycles. The molecular formula is C17H18F3NO3. The van der Waals surface area contributed by atoms with E-state index in [-0.39, 0.29) is 18.3 Å². The van der Waals surface area contributed by atoms with Gasteiger partial charge in [0.2, 0.25) is 0 Å². The molecule has 2 atom stereocenters. The molecule has 0 amide bonds. The molecule has 1 N–H and O–H groups in total. The molecule has 1 aliphatic carbocycles. The van der Waals surface area contributed by atoms with Crippen LogP contribution < -0.4 is 5.32 Å². The van der Waals surface area contributed by atoms with Crippen molar-refractivity contribution >= 4 is 17.4 Å². The number of rotatable bonds is 4. The summed E-state index contributed by atoms with van der Waals surface area (Å²) in [5, 5.41) is 2.93. The number of ether oxygens (including phenoxy) is 1. The number of benzene rings is 1. The van der Waals surface area contributed by atoms with E-state index in [1.807, 2.05) is 0 Å². The molecule has 4 nitrogen and oxygen atoms in total. The Balaban J connectivity index is 2.10. The van der Waals surface area contributed by atoms with Crippen molar-refractivity contribution in [1.29, 1.82) is 0 Å². The van der Waals surface area contributed by atoms with E-state index in [0.29, 0.717) is 17.8 Å². The van der Waals surface area contributed by atoms with Gasteiger partial charge in [0, 0.05) is 17.5 Å². The van der Waals surface area contributed by atoms with Crippen LogP contribution in [0.5, 0.6) is 0 Å². The molecule has 0 spiro atoms. The maximum absolute atomic E-state index is 12.5. The van der Waals surface area contributed by atoms with Crippen molar-refractivity contribution in [3.05, 3.63) is 41.6 Å². The lowest BCUT2D eigenvalue weighted by atomic mass is 9.82. The third-order valence-corrected chi connectivity index (χ3v) is 3.79. The average molecular weight is 341 g/mol. The fourth-order valence-corrected chi connectivity index (χ4v) is 2.66. The van der Waals surface area contributed by atoms with E-state index in [0.717, 1.165) is 12.1 Å². The number of nitrogens with one attached hydrogen (secondary N) is 1. The Bertz CT molecular complexity index is 650. The van der Waals surface area contributed by atoms with Gasteiger partial charge in [0.1, 0.15) is 5.92 Å². The summed E-state index contributed by atoms with van der Waals surface area (Å²) in [7, 11) is 0. The fourth-order valence-electron chi connectivity index (χ4n) is 2.66. The maximum atomic E-state index is 12.5. The van der Waals surface area contributed by atoms with Gasteiger partial charge in [-0.15, -0.1) is 0 Å². The highest BCUT2D eigenvalue weighted by Crippen LogP contribution is 2.32. The Morgan fingerprint density at radius 2 is 1.92 bits per heavy atom. The molecule has 0 aromatic heterocycles. The van der Waals surface area contributed by atoms with E-state index in [2.05, 4.69) is 5.32 Å². The van der Waals surface area contributed by atoms with Crippen LogP contribution in [0.3, 0.4) is 0 Å². The van der Waals surface area contributed by atoms with E-state index in [1.165, 1.54) is 18.2 Å². The van der Waals surface area contributed by atoms with Crippen LogP contribution in [0.15, 0.2) is 36.0 Å². The first-order chi connectivity index (χ1) is 11.2. The summed E-state index contributed by atoms with van der Waals surface area (Å²) in [4.78, 5) is 24.0. The van der Waals surface area contributed by atoms with Crippen LogP contribution in [0.1, 0.15) is 25.8 Å². The van der Waals surface area contributed by atoms with Crippen molar-refractivity contribution in [2.24, 2.45) is 11.8 Å². The zero-order valence-electron chi connectivity index (χ0n) is 13.3. The average Bonchev–Trinajstić information content (AvgIpc) is 2.46. The van der Waals surface area contributed by atoms with E-state index >= 15 is 0 Å². The van der Waals surface area contributed by atoms with Crippen molar-refractivity contribution < 1.29 is 27.5 Å². The van der Waals surface area contributed by atoms with Gasteiger partial charge < -0.3 is 10.1 Å². The summed E-state index contributed by atoms with van der Waals surface area (Å²) in [6, 6.07) is 4.54. The molecule has 24 heavy (non-hydrogen) atoms. The van der Waals surface area contributed by atoms with Gasteiger partial charge in [-0.3, -0.25) is 9.59 Å². The first-order valence-electron chi connectivity index (χ1n) is 7.57. The second kappa shape index (κ2) is 7.07. The Kier molecular flexibility index (Phi) is 5.31. The molecule has 1 aromatic carbocycles. The quantitative estimate of drug-likeness (QED) is 0.669. The number of halogens is 3. The van der Waals surface area contributed by atoms with E-state index in [1.54, 1.807) is 13.8 Å². The summed E-state index contributed by atoms with van der Waals surface area (Å²) in [5.74, 6) is -1.98. The van der Waals surface area contributed by atoms with Crippen molar-refractivity contribution in [3.63, 3.8) is 0 Å². The van der Waals surface area contributed by atoms with Crippen LogP contribution in [0, 0.1) is 11.8 Å². The predicted molar refractivity (Wildman–Crippen MR) is 82.1 cm³/mol. The van der Waals surface area contributed by atoms with Gasteiger partial charge in [0.15, 0.2) is 5.78 Å². The molecule has 0 radical (unpaired) electrons. The minimum Gasteiger partial charge on any atom is -0.465 e. The summed E-state index contributed by atoms with van der Waals surface area (Å²) in [5.41, 5.74) is 0.272. The minimum atomic E-state index is -4.39. The molecule has 2 unspecified atom stereocenters. The van der Waals surface area contributed by atoms with Crippen LogP contribution >= 0.6 is 0 Å². The van der Waals surface area contributed by atoms with Crippen molar-refractivity contribution in [1.82, 2.24) is 0 Å². The molecule has 1 aromatic rings. The number of carbonyl (C=O) groups is 2. The van der Waals surface area contributed by atoms with Crippen LogP contribution in [0.2, 0.25) is 0 Å².